The predicted octanol–water partition coefficient (Wildman–Crippen LogP) is 3.73. The van der Waals surface area contributed by atoms with Gasteiger partial charge in [-0.25, -0.2) is 0 Å². The molecule has 23 heavy (non-hydrogen) atoms. The van der Waals surface area contributed by atoms with E-state index < -0.39 is 0 Å². The summed E-state index contributed by atoms with van der Waals surface area (Å²) in [5.74, 6) is 0.112. The topological polar surface area (TPSA) is 23.6 Å². The van der Waals surface area contributed by atoms with Crippen molar-refractivity contribution in [1.82, 2.24) is 4.90 Å². The van der Waals surface area contributed by atoms with Crippen LogP contribution >= 0.6 is 11.3 Å². The summed E-state index contributed by atoms with van der Waals surface area (Å²) in [6.07, 6.45) is 3.63. The van der Waals surface area contributed by atoms with E-state index in [-0.39, 0.29) is 5.91 Å². The average molecular weight is 326 g/mol. The second-order valence-corrected chi connectivity index (χ2v) is 7.20. The van der Waals surface area contributed by atoms with Crippen molar-refractivity contribution in [3.05, 3.63) is 57.8 Å². The van der Waals surface area contributed by atoms with Crippen LogP contribution in [0.15, 0.2) is 42.5 Å². The molecule has 0 bridgehead atoms. The molecule has 3 rings (SSSR count). The van der Waals surface area contributed by atoms with E-state index in [0.717, 1.165) is 31.1 Å². The first kappa shape index (κ1) is 15.8. The first-order valence-corrected chi connectivity index (χ1v) is 8.79. The molecule has 1 fully saturated rings. The normalized spacial score (nSPS) is 15.4. The van der Waals surface area contributed by atoms with Gasteiger partial charge >= 0.3 is 0 Å². The molecule has 1 aromatic carbocycles. The van der Waals surface area contributed by atoms with Crippen LogP contribution in [0.5, 0.6) is 0 Å². The SMILES string of the molecule is Cc1ccc(/C=C/C(=O)N2CCN(c3ccccc3C)CC2)s1. The van der Waals surface area contributed by atoms with Crippen LogP contribution in [0.4, 0.5) is 5.69 Å². The molecule has 0 aliphatic carbocycles. The molecule has 1 amide bonds. The highest BCUT2D eigenvalue weighted by Gasteiger charge is 2.20. The van der Waals surface area contributed by atoms with Crippen LogP contribution in [-0.2, 0) is 4.79 Å². The summed E-state index contributed by atoms with van der Waals surface area (Å²) >= 11 is 1.71. The Morgan fingerprint density at radius 2 is 1.78 bits per heavy atom. The molecule has 0 atom stereocenters. The van der Waals surface area contributed by atoms with Gasteiger partial charge in [0.15, 0.2) is 0 Å². The van der Waals surface area contributed by atoms with Gasteiger partial charge in [0.25, 0.3) is 0 Å². The zero-order valence-corrected chi connectivity index (χ0v) is 14.5. The number of hydrogen-bond donors (Lipinski definition) is 0. The van der Waals surface area contributed by atoms with E-state index in [1.54, 1.807) is 17.4 Å². The first-order chi connectivity index (χ1) is 11.1. The van der Waals surface area contributed by atoms with E-state index in [2.05, 4.69) is 55.1 Å². The number of para-hydroxylation sites is 1. The molecule has 0 N–H and O–H groups in total. The Bertz CT molecular complexity index is 712. The van der Waals surface area contributed by atoms with Crippen molar-refractivity contribution in [3.63, 3.8) is 0 Å². The number of carbonyl (C=O) groups is 1. The molecule has 0 unspecified atom stereocenters. The molecule has 1 saturated heterocycles. The Labute approximate surface area is 141 Å². The van der Waals surface area contributed by atoms with Gasteiger partial charge in [-0.2, -0.15) is 0 Å². The number of piperazine rings is 1. The molecule has 1 aliphatic rings. The quantitative estimate of drug-likeness (QED) is 0.803. The molecule has 120 valence electrons. The van der Waals surface area contributed by atoms with Gasteiger partial charge in [0.1, 0.15) is 0 Å². The van der Waals surface area contributed by atoms with Crippen molar-refractivity contribution in [2.75, 3.05) is 31.1 Å². The summed E-state index contributed by atoms with van der Waals surface area (Å²) in [5.41, 5.74) is 2.57. The zero-order chi connectivity index (χ0) is 16.2. The maximum Gasteiger partial charge on any atom is 0.246 e. The number of rotatable bonds is 3. The summed E-state index contributed by atoms with van der Waals surface area (Å²) in [6, 6.07) is 12.6. The van der Waals surface area contributed by atoms with Gasteiger partial charge in [0, 0.05) is 47.7 Å². The van der Waals surface area contributed by atoms with Crippen LogP contribution in [0.25, 0.3) is 6.08 Å². The predicted molar refractivity (Wildman–Crippen MR) is 98.1 cm³/mol. The van der Waals surface area contributed by atoms with E-state index in [4.69, 9.17) is 0 Å². The molecule has 3 nitrogen and oxygen atoms in total. The number of nitrogens with zero attached hydrogens (tertiary/aromatic N) is 2. The minimum Gasteiger partial charge on any atom is -0.368 e. The smallest absolute Gasteiger partial charge is 0.246 e. The zero-order valence-electron chi connectivity index (χ0n) is 13.7. The standard InChI is InChI=1S/C19H22N2OS/c1-15-5-3-4-6-18(15)20-11-13-21(14-12-20)19(22)10-9-17-8-7-16(2)23-17/h3-10H,11-14H2,1-2H3/b10-9+. The van der Waals surface area contributed by atoms with Gasteiger partial charge in [-0.15, -0.1) is 11.3 Å². The Morgan fingerprint density at radius 1 is 1.04 bits per heavy atom. The largest absolute Gasteiger partial charge is 0.368 e. The van der Waals surface area contributed by atoms with E-state index in [1.807, 2.05) is 11.0 Å². The molecule has 0 saturated carbocycles. The lowest BCUT2D eigenvalue weighted by Gasteiger charge is -2.36. The number of amides is 1. The first-order valence-electron chi connectivity index (χ1n) is 7.97. The third-order valence-electron chi connectivity index (χ3n) is 4.20. The third-order valence-corrected chi connectivity index (χ3v) is 5.16. The van der Waals surface area contributed by atoms with Crippen LogP contribution in [0.1, 0.15) is 15.3 Å². The summed E-state index contributed by atoms with van der Waals surface area (Å²) < 4.78 is 0. The van der Waals surface area contributed by atoms with E-state index in [1.165, 1.54) is 16.1 Å². The Kier molecular flexibility index (Phi) is 4.82. The highest BCUT2D eigenvalue weighted by molar-refractivity contribution is 7.12. The van der Waals surface area contributed by atoms with Crippen molar-refractivity contribution in [1.29, 1.82) is 0 Å². The van der Waals surface area contributed by atoms with Gasteiger partial charge < -0.3 is 9.80 Å². The van der Waals surface area contributed by atoms with E-state index >= 15 is 0 Å². The van der Waals surface area contributed by atoms with Gasteiger partial charge in [0.05, 0.1) is 0 Å². The molecular formula is C19H22N2OS. The van der Waals surface area contributed by atoms with Gasteiger partial charge in [-0.3, -0.25) is 4.79 Å². The minimum atomic E-state index is 0.112. The van der Waals surface area contributed by atoms with Crippen molar-refractivity contribution in [2.24, 2.45) is 0 Å². The number of anilines is 1. The lowest BCUT2D eigenvalue weighted by Crippen LogP contribution is -2.48. The van der Waals surface area contributed by atoms with E-state index in [0.29, 0.717) is 0 Å². The molecule has 4 heteroatoms. The third kappa shape index (κ3) is 3.82. The number of thiophene rings is 1. The number of hydrogen-bond acceptors (Lipinski definition) is 3. The van der Waals surface area contributed by atoms with Crippen LogP contribution in [-0.4, -0.2) is 37.0 Å². The number of benzene rings is 1. The summed E-state index contributed by atoms with van der Waals surface area (Å²) in [6.45, 7) is 7.56. The molecule has 1 aromatic heterocycles. The van der Waals surface area contributed by atoms with Gasteiger partial charge in [-0.05, 0) is 43.7 Å². The fraction of sp³-hybridized carbons (Fsp3) is 0.316. The fourth-order valence-corrected chi connectivity index (χ4v) is 3.67. The highest BCUT2D eigenvalue weighted by atomic mass is 32.1. The van der Waals surface area contributed by atoms with Crippen molar-refractivity contribution in [2.45, 2.75) is 13.8 Å². The van der Waals surface area contributed by atoms with Crippen molar-refractivity contribution >= 4 is 29.0 Å². The lowest BCUT2D eigenvalue weighted by atomic mass is 10.1. The summed E-state index contributed by atoms with van der Waals surface area (Å²) in [5, 5.41) is 0. The van der Waals surface area contributed by atoms with Crippen LogP contribution in [0.3, 0.4) is 0 Å². The monoisotopic (exact) mass is 326 g/mol. The molecule has 1 aliphatic heterocycles. The second kappa shape index (κ2) is 7.01. The molecular weight excluding hydrogens is 304 g/mol. The molecule has 2 heterocycles. The fourth-order valence-electron chi connectivity index (χ4n) is 2.89. The Hall–Kier alpha value is -2.07. The van der Waals surface area contributed by atoms with Crippen LogP contribution < -0.4 is 4.90 Å². The van der Waals surface area contributed by atoms with Crippen molar-refractivity contribution in [3.8, 4) is 0 Å². The molecule has 0 radical (unpaired) electrons. The second-order valence-electron chi connectivity index (χ2n) is 5.88. The lowest BCUT2D eigenvalue weighted by molar-refractivity contribution is -0.126. The minimum absolute atomic E-state index is 0.112. The Morgan fingerprint density at radius 3 is 2.43 bits per heavy atom. The summed E-state index contributed by atoms with van der Waals surface area (Å²) in [7, 11) is 0. The van der Waals surface area contributed by atoms with Gasteiger partial charge in [-0.1, -0.05) is 18.2 Å². The van der Waals surface area contributed by atoms with Gasteiger partial charge in [0.2, 0.25) is 5.91 Å². The van der Waals surface area contributed by atoms with E-state index in [9.17, 15) is 4.79 Å². The molecule has 0 spiro atoms. The van der Waals surface area contributed by atoms with Crippen LogP contribution in [0, 0.1) is 13.8 Å². The van der Waals surface area contributed by atoms with Crippen LogP contribution in [0.2, 0.25) is 0 Å². The maximum absolute atomic E-state index is 12.3. The number of carbonyl (C=O) groups excluding carboxylic acids is 1. The van der Waals surface area contributed by atoms with Crippen molar-refractivity contribution < 1.29 is 4.79 Å². The average Bonchev–Trinajstić information content (AvgIpc) is 2.99. The number of aryl methyl sites for hydroxylation is 2. The summed E-state index contributed by atoms with van der Waals surface area (Å²) in [4.78, 5) is 19.0. The highest BCUT2D eigenvalue weighted by Crippen LogP contribution is 2.21. The maximum atomic E-state index is 12.3. The molecule has 2 aromatic rings. The Balaban J connectivity index is 1.57.